The molecule has 9 heavy (non-hydrogen) atoms. The minimum Gasteiger partial charge on any atom is -0.293 e. The summed E-state index contributed by atoms with van der Waals surface area (Å²) in [7, 11) is 0. The molecule has 0 spiro atoms. The Hall–Kier alpha value is -0.920. The van der Waals surface area contributed by atoms with Gasteiger partial charge in [0.15, 0.2) is 0 Å². The van der Waals surface area contributed by atoms with Crippen LogP contribution in [0.2, 0.25) is 0 Å². The Morgan fingerprint density at radius 2 is 2.33 bits per heavy atom. The van der Waals surface area contributed by atoms with Crippen molar-refractivity contribution in [2.24, 2.45) is 9.98 Å². The zero-order valence-electron chi connectivity index (χ0n) is 5.96. The second-order valence-corrected chi connectivity index (χ2v) is 1.61. The molecule has 0 bridgehead atoms. The number of hydrogen-bond acceptors (Lipinski definition) is 2. The van der Waals surface area contributed by atoms with Crippen molar-refractivity contribution in [2.45, 2.75) is 13.8 Å². The first-order chi connectivity index (χ1) is 4.31. The zero-order chi connectivity index (χ0) is 7.11. The van der Waals surface area contributed by atoms with Crippen molar-refractivity contribution in [2.75, 3.05) is 6.54 Å². The maximum Gasteiger partial charge on any atom is 0.0380 e. The molecule has 50 valence electrons. The number of allylic oxidation sites excluding steroid dienone is 2. The molecule has 0 saturated heterocycles. The van der Waals surface area contributed by atoms with E-state index >= 15 is 0 Å². The van der Waals surface area contributed by atoms with Gasteiger partial charge in [0.1, 0.15) is 0 Å². The highest BCUT2D eigenvalue weighted by molar-refractivity contribution is 5.72. The summed E-state index contributed by atoms with van der Waals surface area (Å²) in [6, 6.07) is 0. The quantitative estimate of drug-likeness (QED) is 0.511. The lowest BCUT2D eigenvalue weighted by atomic mass is 10.5. The zero-order valence-corrected chi connectivity index (χ0v) is 5.96. The largest absolute Gasteiger partial charge is 0.293 e. The molecule has 0 atom stereocenters. The number of aliphatic imine (C=N–C) groups is 2. The van der Waals surface area contributed by atoms with Crippen LogP contribution in [-0.2, 0) is 0 Å². The van der Waals surface area contributed by atoms with Gasteiger partial charge < -0.3 is 0 Å². The van der Waals surface area contributed by atoms with Gasteiger partial charge in [0, 0.05) is 18.5 Å². The molecule has 0 aromatic heterocycles. The first kappa shape index (κ1) is 8.08. The van der Waals surface area contributed by atoms with E-state index in [0.29, 0.717) is 0 Å². The highest BCUT2D eigenvalue weighted by atomic mass is 14.7. The van der Waals surface area contributed by atoms with Crippen LogP contribution in [-0.4, -0.2) is 19.5 Å². The van der Waals surface area contributed by atoms with Crippen molar-refractivity contribution < 1.29 is 0 Å². The number of rotatable bonds is 3. The van der Waals surface area contributed by atoms with Gasteiger partial charge in [0.2, 0.25) is 0 Å². The maximum absolute atomic E-state index is 3.97. The topological polar surface area (TPSA) is 24.7 Å². The molecule has 2 heteroatoms. The lowest BCUT2D eigenvalue weighted by molar-refractivity contribution is 1.14. The fourth-order valence-corrected chi connectivity index (χ4v) is 0.319. The van der Waals surface area contributed by atoms with E-state index in [1.54, 1.807) is 6.21 Å². The third kappa shape index (κ3) is 4.94. The van der Waals surface area contributed by atoms with Crippen LogP contribution in [0.15, 0.2) is 21.8 Å². The second-order valence-electron chi connectivity index (χ2n) is 1.61. The van der Waals surface area contributed by atoms with E-state index < -0.39 is 0 Å². The van der Waals surface area contributed by atoms with E-state index in [1.807, 2.05) is 19.9 Å². The van der Waals surface area contributed by atoms with E-state index in [-0.39, 0.29) is 0 Å². The molecular formula is C7H12N2. The van der Waals surface area contributed by atoms with E-state index in [9.17, 15) is 0 Å². The van der Waals surface area contributed by atoms with Gasteiger partial charge in [-0.1, -0.05) is 0 Å². The van der Waals surface area contributed by atoms with Crippen molar-refractivity contribution in [1.29, 1.82) is 0 Å². The molecule has 0 aliphatic carbocycles. The normalized spacial score (nSPS) is 12.4. The van der Waals surface area contributed by atoms with Gasteiger partial charge in [0.25, 0.3) is 0 Å². The van der Waals surface area contributed by atoms with Gasteiger partial charge in [0.05, 0.1) is 0 Å². The molecule has 0 aliphatic rings. The highest BCUT2D eigenvalue weighted by Gasteiger charge is 1.73. The Kier molecular flexibility index (Phi) is 4.69. The lowest BCUT2D eigenvalue weighted by Crippen LogP contribution is -1.72. The van der Waals surface area contributed by atoms with Crippen LogP contribution in [0.25, 0.3) is 0 Å². The average Bonchev–Trinajstić information content (AvgIpc) is 1.89. The Balaban J connectivity index is 3.68. The Morgan fingerprint density at radius 3 is 2.78 bits per heavy atom. The first-order valence-corrected chi connectivity index (χ1v) is 2.94. The fraction of sp³-hybridized carbons (Fsp3) is 0.429. The van der Waals surface area contributed by atoms with Crippen molar-refractivity contribution in [3.05, 3.63) is 11.8 Å². The van der Waals surface area contributed by atoms with Gasteiger partial charge in [-0.05, 0) is 26.6 Å². The van der Waals surface area contributed by atoms with Crippen LogP contribution in [0.4, 0.5) is 0 Å². The molecule has 0 aromatic carbocycles. The highest BCUT2D eigenvalue weighted by Crippen LogP contribution is 1.87. The molecule has 0 rings (SSSR count). The molecule has 0 unspecified atom stereocenters. The number of hydrogen-bond donors (Lipinski definition) is 0. The summed E-state index contributed by atoms with van der Waals surface area (Å²) >= 11 is 0. The summed E-state index contributed by atoms with van der Waals surface area (Å²) < 4.78 is 0. The standard InChI is InChI=1S/C7H12N2/c1-4-9-6-5-7(2)8-3/h5-6H,3-4H2,1-2H3/b7-5-,9-6-. The molecule has 0 aliphatic heterocycles. The minimum absolute atomic E-state index is 0.820. The first-order valence-electron chi connectivity index (χ1n) is 2.94. The molecule has 0 fully saturated rings. The minimum atomic E-state index is 0.820. The van der Waals surface area contributed by atoms with Crippen LogP contribution in [0, 0.1) is 0 Å². The summed E-state index contributed by atoms with van der Waals surface area (Å²) in [5, 5.41) is 0. The monoisotopic (exact) mass is 124 g/mol. The summed E-state index contributed by atoms with van der Waals surface area (Å²) in [4.78, 5) is 7.65. The van der Waals surface area contributed by atoms with E-state index in [0.717, 1.165) is 12.2 Å². The van der Waals surface area contributed by atoms with Crippen molar-refractivity contribution >= 4 is 12.9 Å². The van der Waals surface area contributed by atoms with Crippen molar-refractivity contribution in [3.63, 3.8) is 0 Å². The summed E-state index contributed by atoms with van der Waals surface area (Å²) in [6.07, 6.45) is 3.57. The van der Waals surface area contributed by atoms with E-state index in [4.69, 9.17) is 0 Å². The molecule has 0 aromatic rings. The Bertz CT molecular complexity index is 134. The molecule has 0 heterocycles. The molecule has 0 saturated carbocycles. The van der Waals surface area contributed by atoms with Crippen LogP contribution in [0.5, 0.6) is 0 Å². The molecule has 0 radical (unpaired) electrons. The fourth-order valence-electron chi connectivity index (χ4n) is 0.319. The van der Waals surface area contributed by atoms with Crippen molar-refractivity contribution in [1.82, 2.24) is 0 Å². The van der Waals surface area contributed by atoms with Gasteiger partial charge in [-0.15, -0.1) is 0 Å². The van der Waals surface area contributed by atoms with E-state index in [2.05, 4.69) is 16.7 Å². The predicted molar refractivity (Wildman–Crippen MR) is 42.3 cm³/mol. The molecule has 0 N–H and O–H groups in total. The second kappa shape index (κ2) is 5.22. The Labute approximate surface area is 56.0 Å². The smallest absolute Gasteiger partial charge is 0.0380 e. The van der Waals surface area contributed by atoms with E-state index in [1.165, 1.54) is 0 Å². The van der Waals surface area contributed by atoms with Crippen molar-refractivity contribution in [3.8, 4) is 0 Å². The van der Waals surface area contributed by atoms with Crippen LogP contribution >= 0.6 is 0 Å². The summed E-state index contributed by atoms with van der Waals surface area (Å²) in [6.45, 7) is 8.05. The molecule has 0 amide bonds. The molecule has 2 nitrogen and oxygen atoms in total. The average molecular weight is 124 g/mol. The lowest BCUT2D eigenvalue weighted by Gasteiger charge is -1.82. The SMILES string of the molecule is C=N/C(C)=C\C=N/CC. The van der Waals surface area contributed by atoms with Gasteiger partial charge in [-0.25, -0.2) is 0 Å². The summed E-state index contributed by atoms with van der Waals surface area (Å²) in [5.41, 5.74) is 0.896. The maximum atomic E-state index is 3.97. The van der Waals surface area contributed by atoms with Crippen LogP contribution in [0.1, 0.15) is 13.8 Å². The summed E-state index contributed by atoms with van der Waals surface area (Å²) in [5.74, 6) is 0. The van der Waals surface area contributed by atoms with Gasteiger partial charge >= 0.3 is 0 Å². The number of nitrogens with zero attached hydrogens (tertiary/aromatic N) is 2. The third-order valence-electron chi connectivity index (χ3n) is 0.853. The van der Waals surface area contributed by atoms with Gasteiger partial charge in [-0.2, -0.15) is 0 Å². The predicted octanol–water partition coefficient (Wildman–Crippen LogP) is 1.68. The third-order valence-corrected chi connectivity index (χ3v) is 0.853. The van der Waals surface area contributed by atoms with Crippen LogP contribution < -0.4 is 0 Å². The van der Waals surface area contributed by atoms with Gasteiger partial charge in [-0.3, -0.25) is 9.98 Å². The van der Waals surface area contributed by atoms with Crippen LogP contribution in [0.3, 0.4) is 0 Å². The molecular weight excluding hydrogens is 112 g/mol. The Morgan fingerprint density at radius 1 is 1.67 bits per heavy atom.